The zero-order valence-corrected chi connectivity index (χ0v) is 14.2. The number of aromatic nitrogens is 4. The first kappa shape index (κ1) is 15.2. The smallest absolute Gasteiger partial charge is 0.194 e. The molecule has 0 spiro atoms. The van der Waals surface area contributed by atoms with Crippen LogP contribution in [-0.2, 0) is 0 Å². The first-order valence-corrected chi connectivity index (χ1v) is 8.86. The third-order valence-corrected chi connectivity index (χ3v) is 5.22. The molecule has 0 radical (unpaired) electrons. The molecule has 0 aliphatic carbocycles. The maximum Gasteiger partial charge on any atom is 0.194 e. The Kier molecular flexibility index (Phi) is 3.95. The van der Waals surface area contributed by atoms with Crippen molar-refractivity contribution < 1.29 is 4.39 Å². The molecule has 0 bridgehead atoms. The molecule has 0 atom stereocenters. The van der Waals surface area contributed by atoms with Crippen molar-refractivity contribution in [2.45, 2.75) is 17.1 Å². The lowest BCUT2D eigenvalue weighted by atomic mass is 10.1. The lowest BCUT2D eigenvalue weighted by Crippen LogP contribution is -1.91. The van der Waals surface area contributed by atoms with Gasteiger partial charge in [-0.2, -0.15) is 0 Å². The molecule has 24 heavy (non-hydrogen) atoms. The molecule has 118 valence electrons. The van der Waals surface area contributed by atoms with Gasteiger partial charge in [-0.15, -0.1) is 11.3 Å². The number of nitrogens with zero attached hydrogens (tertiary/aromatic N) is 4. The average Bonchev–Trinajstić information content (AvgIpc) is 3.01. The molecule has 3 aromatic heterocycles. The van der Waals surface area contributed by atoms with E-state index >= 15 is 0 Å². The highest BCUT2D eigenvalue weighted by Gasteiger charge is 2.15. The number of rotatable bonds is 3. The van der Waals surface area contributed by atoms with E-state index in [0.29, 0.717) is 5.16 Å². The van der Waals surface area contributed by atoms with Gasteiger partial charge < -0.3 is 0 Å². The molecule has 0 saturated heterocycles. The van der Waals surface area contributed by atoms with Gasteiger partial charge in [-0.25, -0.2) is 24.3 Å². The van der Waals surface area contributed by atoms with Crippen LogP contribution in [0.4, 0.5) is 4.39 Å². The van der Waals surface area contributed by atoms with Gasteiger partial charge in [0.1, 0.15) is 22.0 Å². The van der Waals surface area contributed by atoms with Crippen LogP contribution in [0.25, 0.3) is 21.3 Å². The van der Waals surface area contributed by atoms with Crippen LogP contribution < -0.4 is 0 Å². The Morgan fingerprint density at radius 1 is 1.04 bits per heavy atom. The van der Waals surface area contributed by atoms with E-state index in [1.54, 1.807) is 36.0 Å². The molecule has 4 nitrogen and oxygen atoms in total. The van der Waals surface area contributed by atoms with Gasteiger partial charge in [0, 0.05) is 22.8 Å². The normalized spacial score (nSPS) is 11.1. The van der Waals surface area contributed by atoms with E-state index in [0.717, 1.165) is 32.1 Å². The van der Waals surface area contributed by atoms with Crippen LogP contribution in [0.1, 0.15) is 5.69 Å². The van der Waals surface area contributed by atoms with E-state index in [9.17, 15) is 4.39 Å². The molecule has 4 rings (SSSR count). The van der Waals surface area contributed by atoms with Gasteiger partial charge in [-0.3, -0.25) is 0 Å². The minimum atomic E-state index is -0.253. The Morgan fingerprint density at radius 3 is 2.67 bits per heavy atom. The molecule has 0 N–H and O–H groups in total. The number of benzene rings is 1. The predicted octanol–water partition coefficient (Wildman–Crippen LogP) is 4.75. The molecule has 7 heteroatoms. The molecule has 0 fully saturated rings. The second-order valence-electron chi connectivity index (χ2n) is 5.10. The van der Waals surface area contributed by atoms with Gasteiger partial charge in [0.15, 0.2) is 5.16 Å². The Bertz CT molecular complexity index is 1010. The molecule has 0 unspecified atom stereocenters. The van der Waals surface area contributed by atoms with Crippen molar-refractivity contribution in [2.24, 2.45) is 0 Å². The van der Waals surface area contributed by atoms with E-state index in [2.05, 4.69) is 19.9 Å². The van der Waals surface area contributed by atoms with Crippen molar-refractivity contribution >= 4 is 33.3 Å². The Hall–Kier alpha value is -2.38. The monoisotopic (exact) mass is 354 g/mol. The summed E-state index contributed by atoms with van der Waals surface area (Å²) >= 11 is 2.95. The van der Waals surface area contributed by atoms with Crippen LogP contribution >= 0.6 is 23.1 Å². The molecule has 0 aliphatic rings. The zero-order chi connectivity index (χ0) is 16.5. The van der Waals surface area contributed by atoms with Crippen molar-refractivity contribution in [3.8, 4) is 11.1 Å². The number of aryl methyl sites for hydroxylation is 1. The van der Waals surface area contributed by atoms with Gasteiger partial charge in [0.05, 0.1) is 5.39 Å². The summed E-state index contributed by atoms with van der Waals surface area (Å²) in [6, 6.07) is 8.30. The number of hydrogen-bond acceptors (Lipinski definition) is 6. The van der Waals surface area contributed by atoms with Gasteiger partial charge in [0.2, 0.25) is 0 Å². The summed E-state index contributed by atoms with van der Waals surface area (Å²) in [5, 5.41) is 4.41. The fraction of sp³-hybridized carbons (Fsp3) is 0.0588. The molecule has 0 saturated carbocycles. The lowest BCUT2D eigenvalue weighted by Gasteiger charge is -2.05. The van der Waals surface area contributed by atoms with E-state index in [-0.39, 0.29) is 5.82 Å². The summed E-state index contributed by atoms with van der Waals surface area (Å²) in [6.07, 6.45) is 3.28. The maximum atomic E-state index is 13.2. The van der Waals surface area contributed by atoms with Crippen LogP contribution in [-0.4, -0.2) is 19.9 Å². The summed E-state index contributed by atoms with van der Waals surface area (Å²) in [6.45, 7) is 1.93. The van der Waals surface area contributed by atoms with E-state index in [1.807, 2.05) is 18.4 Å². The fourth-order valence-corrected chi connectivity index (χ4v) is 4.19. The number of hydrogen-bond donors (Lipinski definition) is 0. The minimum absolute atomic E-state index is 0.253. The van der Waals surface area contributed by atoms with E-state index in [1.165, 1.54) is 23.9 Å². The molecular weight excluding hydrogens is 343 g/mol. The molecule has 1 aromatic carbocycles. The van der Waals surface area contributed by atoms with Crippen molar-refractivity contribution in [1.82, 2.24) is 19.9 Å². The quantitative estimate of drug-likeness (QED) is 0.393. The molecule has 0 amide bonds. The highest BCUT2D eigenvalue weighted by molar-refractivity contribution is 7.99. The molecule has 4 aromatic rings. The van der Waals surface area contributed by atoms with E-state index in [4.69, 9.17) is 0 Å². The standard InChI is InChI=1S/C17H11FN4S2/c1-10-6-7-19-17(22-10)24-16-14-13(8-23-15(14)20-9-21-16)11-2-4-12(18)5-3-11/h2-9H,1H3. The first-order chi connectivity index (χ1) is 11.7. The number of fused-ring (bicyclic) bond motifs is 1. The third-order valence-electron chi connectivity index (χ3n) is 3.45. The molecule has 0 aliphatic heterocycles. The number of halogens is 1. The summed E-state index contributed by atoms with van der Waals surface area (Å²) in [4.78, 5) is 18.3. The SMILES string of the molecule is Cc1ccnc(Sc2ncnc3scc(-c4ccc(F)cc4)c23)n1. The van der Waals surface area contributed by atoms with Crippen molar-refractivity contribution in [3.05, 3.63) is 59.7 Å². The Morgan fingerprint density at radius 2 is 1.88 bits per heavy atom. The van der Waals surface area contributed by atoms with E-state index < -0.39 is 0 Å². The van der Waals surface area contributed by atoms with Crippen LogP contribution in [0.15, 0.2) is 58.4 Å². The van der Waals surface area contributed by atoms with Crippen molar-refractivity contribution in [2.75, 3.05) is 0 Å². The van der Waals surface area contributed by atoms with Crippen LogP contribution in [0.3, 0.4) is 0 Å². The molecular formula is C17H11FN4S2. The topological polar surface area (TPSA) is 51.6 Å². The summed E-state index contributed by atoms with van der Waals surface area (Å²) < 4.78 is 13.2. The van der Waals surface area contributed by atoms with Crippen LogP contribution in [0, 0.1) is 12.7 Å². The summed E-state index contributed by atoms with van der Waals surface area (Å²) in [5.74, 6) is -0.253. The summed E-state index contributed by atoms with van der Waals surface area (Å²) in [5.41, 5.74) is 2.83. The van der Waals surface area contributed by atoms with Crippen LogP contribution in [0.2, 0.25) is 0 Å². The van der Waals surface area contributed by atoms with Crippen LogP contribution in [0.5, 0.6) is 0 Å². The van der Waals surface area contributed by atoms with Gasteiger partial charge in [0.25, 0.3) is 0 Å². The van der Waals surface area contributed by atoms with Gasteiger partial charge in [-0.05, 0) is 42.4 Å². The van der Waals surface area contributed by atoms with Crippen molar-refractivity contribution in [1.29, 1.82) is 0 Å². The third kappa shape index (κ3) is 2.88. The Labute approximate surface area is 145 Å². The Balaban J connectivity index is 1.84. The lowest BCUT2D eigenvalue weighted by molar-refractivity contribution is 0.628. The highest BCUT2D eigenvalue weighted by Crippen LogP contribution is 2.39. The predicted molar refractivity (Wildman–Crippen MR) is 93.7 cm³/mol. The fourth-order valence-electron chi connectivity index (χ4n) is 2.33. The largest absolute Gasteiger partial charge is 0.231 e. The summed E-state index contributed by atoms with van der Waals surface area (Å²) in [7, 11) is 0. The van der Waals surface area contributed by atoms with Gasteiger partial charge in [-0.1, -0.05) is 12.1 Å². The maximum absolute atomic E-state index is 13.2. The first-order valence-electron chi connectivity index (χ1n) is 7.16. The zero-order valence-electron chi connectivity index (χ0n) is 12.6. The highest BCUT2D eigenvalue weighted by atomic mass is 32.2. The van der Waals surface area contributed by atoms with Gasteiger partial charge >= 0.3 is 0 Å². The average molecular weight is 354 g/mol. The second-order valence-corrected chi connectivity index (χ2v) is 6.91. The minimum Gasteiger partial charge on any atom is -0.231 e. The second kappa shape index (κ2) is 6.26. The number of thiophene rings is 1. The van der Waals surface area contributed by atoms with Crippen molar-refractivity contribution in [3.63, 3.8) is 0 Å². The molecule has 3 heterocycles.